The lowest BCUT2D eigenvalue weighted by Gasteiger charge is -2.42. The summed E-state index contributed by atoms with van der Waals surface area (Å²) >= 11 is 0. The normalized spacial score (nSPS) is 26.5. The lowest BCUT2D eigenvalue weighted by Crippen LogP contribution is -2.50. The summed E-state index contributed by atoms with van der Waals surface area (Å²) in [5.74, 6) is 1.59. The number of hydrogen-bond donors (Lipinski definition) is 1. The number of likely N-dealkylation sites (tertiary alicyclic amines) is 2. The molecule has 0 bridgehead atoms. The Labute approximate surface area is 164 Å². The smallest absolute Gasteiger partial charge is 0.120 e. The van der Waals surface area contributed by atoms with Crippen molar-refractivity contribution in [3.63, 3.8) is 0 Å². The van der Waals surface area contributed by atoms with Crippen LogP contribution >= 0.6 is 0 Å². The van der Waals surface area contributed by atoms with E-state index in [0.29, 0.717) is 24.7 Å². The van der Waals surface area contributed by atoms with Crippen LogP contribution in [0.2, 0.25) is 0 Å². The minimum absolute atomic E-state index is 0.365. The maximum atomic E-state index is 9.37. The maximum Gasteiger partial charge on any atom is 0.120 e. The molecule has 27 heavy (non-hydrogen) atoms. The molecule has 2 aliphatic heterocycles. The van der Waals surface area contributed by atoms with Crippen molar-refractivity contribution in [2.75, 3.05) is 32.8 Å². The first-order valence-electron chi connectivity index (χ1n) is 11.1. The second-order valence-corrected chi connectivity index (χ2v) is 8.86. The Balaban J connectivity index is 1.30. The summed E-state index contributed by atoms with van der Waals surface area (Å²) in [6.45, 7) is 6.10. The van der Waals surface area contributed by atoms with E-state index >= 15 is 0 Å². The number of aliphatic hydroxyl groups is 1. The summed E-state index contributed by atoms with van der Waals surface area (Å²) in [5, 5.41) is 9.37. The Kier molecular flexibility index (Phi) is 6.69. The van der Waals surface area contributed by atoms with E-state index in [1.165, 1.54) is 57.2 Å². The second-order valence-electron chi connectivity index (χ2n) is 8.86. The average Bonchev–Trinajstić information content (AvgIpc) is 3.22. The van der Waals surface area contributed by atoms with E-state index in [0.717, 1.165) is 38.2 Å². The van der Waals surface area contributed by atoms with Crippen LogP contribution in [0.1, 0.15) is 56.9 Å². The Hall–Kier alpha value is -1.10. The summed E-state index contributed by atoms with van der Waals surface area (Å²) in [6, 6.07) is 9.47. The third-order valence-corrected chi connectivity index (χ3v) is 6.81. The molecule has 1 N–H and O–H groups in total. The SMILES string of the molecule is OCC1CCN(C2CCCN(Cc3cccc(OC4CCCC4)c3)C2)CC1. The first kappa shape index (κ1) is 19.2. The van der Waals surface area contributed by atoms with Crippen molar-refractivity contribution in [2.24, 2.45) is 5.92 Å². The van der Waals surface area contributed by atoms with Crippen LogP contribution in [0.25, 0.3) is 0 Å². The van der Waals surface area contributed by atoms with Crippen LogP contribution < -0.4 is 4.74 Å². The van der Waals surface area contributed by atoms with Gasteiger partial charge in [0.2, 0.25) is 0 Å². The van der Waals surface area contributed by atoms with Gasteiger partial charge in [-0.15, -0.1) is 0 Å². The molecule has 0 aromatic heterocycles. The molecule has 1 aromatic rings. The second kappa shape index (κ2) is 9.40. The molecule has 4 nitrogen and oxygen atoms in total. The van der Waals surface area contributed by atoms with E-state index in [2.05, 4.69) is 34.1 Å². The van der Waals surface area contributed by atoms with Crippen molar-refractivity contribution in [3.05, 3.63) is 29.8 Å². The van der Waals surface area contributed by atoms with E-state index in [-0.39, 0.29) is 0 Å². The van der Waals surface area contributed by atoms with Gasteiger partial charge in [-0.2, -0.15) is 0 Å². The highest BCUT2D eigenvalue weighted by atomic mass is 16.5. The quantitative estimate of drug-likeness (QED) is 0.826. The van der Waals surface area contributed by atoms with Gasteiger partial charge >= 0.3 is 0 Å². The van der Waals surface area contributed by atoms with E-state index in [9.17, 15) is 5.11 Å². The minimum Gasteiger partial charge on any atom is -0.490 e. The Morgan fingerprint density at radius 2 is 1.78 bits per heavy atom. The van der Waals surface area contributed by atoms with Crippen molar-refractivity contribution in [1.82, 2.24) is 9.80 Å². The molecule has 150 valence electrons. The predicted octanol–water partition coefficient (Wildman–Crippen LogP) is 3.68. The lowest BCUT2D eigenvalue weighted by molar-refractivity contribution is 0.0543. The number of ether oxygens (including phenoxy) is 1. The molecule has 0 spiro atoms. The molecule has 2 heterocycles. The number of nitrogens with zero attached hydrogens (tertiary/aromatic N) is 2. The average molecular weight is 373 g/mol. The third-order valence-electron chi connectivity index (χ3n) is 6.81. The van der Waals surface area contributed by atoms with Gasteiger partial charge in [-0.05, 0) is 94.6 Å². The fourth-order valence-electron chi connectivity index (χ4n) is 5.15. The molecule has 1 atom stereocenters. The maximum absolute atomic E-state index is 9.37. The summed E-state index contributed by atoms with van der Waals surface area (Å²) in [4.78, 5) is 5.30. The monoisotopic (exact) mass is 372 g/mol. The lowest BCUT2D eigenvalue weighted by atomic mass is 9.94. The summed E-state index contributed by atoms with van der Waals surface area (Å²) in [7, 11) is 0. The molecule has 0 amide bonds. The van der Waals surface area contributed by atoms with Crippen LogP contribution in [0.15, 0.2) is 24.3 Å². The van der Waals surface area contributed by atoms with Gasteiger partial charge in [0, 0.05) is 25.7 Å². The van der Waals surface area contributed by atoms with Gasteiger partial charge in [0.05, 0.1) is 6.10 Å². The van der Waals surface area contributed by atoms with E-state index in [4.69, 9.17) is 4.74 Å². The largest absolute Gasteiger partial charge is 0.490 e. The first-order valence-corrected chi connectivity index (χ1v) is 11.1. The molecule has 3 fully saturated rings. The van der Waals surface area contributed by atoms with Gasteiger partial charge in [0.1, 0.15) is 5.75 Å². The minimum atomic E-state index is 0.365. The highest BCUT2D eigenvalue weighted by Crippen LogP contribution is 2.26. The van der Waals surface area contributed by atoms with Crippen LogP contribution in [-0.4, -0.2) is 59.8 Å². The van der Waals surface area contributed by atoms with Crippen molar-refractivity contribution in [2.45, 2.75) is 70.1 Å². The van der Waals surface area contributed by atoms with Crippen molar-refractivity contribution in [1.29, 1.82) is 0 Å². The van der Waals surface area contributed by atoms with E-state index in [1.807, 2.05) is 0 Å². The van der Waals surface area contributed by atoms with Crippen molar-refractivity contribution in [3.8, 4) is 5.75 Å². The van der Waals surface area contributed by atoms with Crippen molar-refractivity contribution >= 4 is 0 Å². The fraction of sp³-hybridized carbons (Fsp3) is 0.739. The Bertz CT molecular complexity index is 579. The van der Waals surface area contributed by atoms with Gasteiger partial charge in [-0.1, -0.05) is 12.1 Å². The molecule has 1 aliphatic carbocycles. The summed E-state index contributed by atoms with van der Waals surface area (Å²) in [6.07, 6.45) is 10.4. The molecule has 4 heteroatoms. The zero-order valence-electron chi connectivity index (χ0n) is 16.7. The number of piperidine rings is 2. The zero-order chi connectivity index (χ0) is 18.5. The van der Waals surface area contributed by atoms with Gasteiger partial charge in [0.25, 0.3) is 0 Å². The zero-order valence-corrected chi connectivity index (χ0v) is 16.7. The van der Waals surface area contributed by atoms with Crippen LogP contribution in [0, 0.1) is 5.92 Å². The Morgan fingerprint density at radius 3 is 2.56 bits per heavy atom. The molecule has 0 radical (unpaired) electrons. The highest BCUT2D eigenvalue weighted by Gasteiger charge is 2.28. The predicted molar refractivity (Wildman–Crippen MR) is 109 cm³/mol. The number of hydrogen-bond acceptors (Lipinski definition) is 4. The van der Waals surface area contributed by atoms with Gasteiger partial charge in [-0.3, -0.25) is 9.80 Å². The van der Waals surface area contributed by atoms with Crippen LogP contribution in [0.4, 0.5) is 0 Å². The third kappa shape index (κ3) is 5.24. The van der Waals surface area contributed by atoms with E-state index < -0.39 is 0 Å². The number of rotatable bonds is 6. The van der Waals surface area contributed by atoms with Gasteiger partial charge in [-0.25, -0.2) is 0 Å². The standard InChI is InChI=1S/C23H36N2O2/c26-18-19-10-13-25(14-11-19)21-6-4-12-24(17-21)16-20-5-3-9-23(15-20)27-22-7-1-2-8-22/h3,5,9,15,19,21-22,26H,1-2,4,6-8,10-14,16-18H2. The molecule has 3 aliphatic rings. The molecular formula is C23H36N2O2. The van der Waals surface area contributed by atoms with Crippen molar-refractivity contribution < 1.29 is 9.84 Å². The topological polar surface area (TPSA) is 35.9 Å². The fourth-order valence-corrected chi connectivity index (χ4v) is 5.15. The first-order chi connectivity index (χ1) is 13.3. The highest BCUT2D eigenvalue weighted by molar-refractivity contribution is 5.28. The molecule has 1 aromatic carbocycles. The Morgan fingerprint density at radius 1 is 0.963 bits per heavy atom. The van der Waals surface area contributed by atoms with Crippen LogP contribution in [0.5, 0.6) is 5.75 Å². The summed E-state index contributed by atoms with van der Waals surface area (Å²) < 4.78 is 6.19. The van der Waals surface area contributed by atoms with Gasteiger partial charge in [0.15, 0.2) is 0 Å². The van der Waals surface area contributed by atoms with E-state index in [1.54, 1.807) is 0 Å². The molecular weight excluding hydrogens is 336 g/mol. The summed E-state index contributed by atoms with van der Waals surface area (Å²) in [5.41, 5.74) is 1.38. The van der Waals surface area contributed by atoms with Gasteiger partial charge < -0.3 is 9.84 Å². The molecule has 2 saturated heterocycles. The van der Waals surface area contributed by atoms with Crippen LogP contribution in [-0.2, 0) is 6.54 Å². The molecule has 1 unspecified atom stereocenters. The number of benzene rings is 1. The molecule has 4 rings (SSSR count). The number of aliphatic hydroxyl groups excluding tert-OH is 1. The molecule has 1 saturated carbocycles. The van der Waals surface area contributed by atoms with Crippen LogP contribution in [0.3, 0.4) is 0 Å².